The van der Waals surface area contributed by atoms with Crippen molar-refractivity contribution in [1.82, 2.24) is 4.98 Å². The number of ether oxygens (including phenoxy) is 1. The zero-order valence-corrected chi connectivity index (χ0v) is 17.9. The first-order chi connectivity index (χ1) is 14.6. The quantitative estimate of drug-likeness (QED) is 0.632. The first kappa shape index (κ1) is 20.6. The molecule has 1 saturated carbocycles. The highest BCUT2D eigenvalue weighted by atomic mass is 32.1. The molecule has 1 aromatic heterocycles. The van der Waals surface area contributed by atoms with Crippen molar-refractivity contribution in [3.05, 3.63) is 36.2 Å². The molecule has 30 heavy (non-hydrogen) atoms. The summed E-state index contributed by atoms with van der Waals surface area (Å²) in [6.07, 6.45) is 9.64. The molecular weight excluding hydrogens is 398 g/mol. The van der Waals surface area contributed by atoms with Crippen LogP contribution in [0.3, 0.4) is 0 Å². The van der Waals surface area contributed by atoms with Gasteiger partial charge in [-0.2, -0.15) is 0 Å². The van der Waals surface area contributed by atoms with Gasteiger partial charge in [-0.15, -0.1) is 17.9 Å². The van der Waals surface area contributed by atoms with E-state index in [1.54, 1.807) is 11.0 Å². The molecule has 2 heterocycles. The van der Waals surface area contributed by atoms with Crippen molar-refractivity contribution >= 4 is 34.0 Å². The van der Waals surface area contributed by atoms with Crippen molar-refractivity contribution in [3.8, 4) is 17.0 Å². The molecule has 0 bridgehead atoms. The van der Waals surface area contributed by atoms with Gasteiger partial charge >= 0.3 is 0 Å². The number of thiazole rings is 1. The molecule has 2 aromatic rings. The third-order valence-corrected chi connectivity index (χ3v) is 6.52. The lowest BCUT2D eigenvalue weighted by atomic mass is 9.86. The second-order valence-corrected chi connectivity index (χ2v) is 8.75. The van der Waals surface area contributed by atoms with Crippen molar-refractivity contribution in [2.45, 2.75) is 44.9 Å². The molecule has 2 amide bonds. The van der Waals surface area contributed by atoms with E-state index in [-0.39, 0.29) is 18.4 Å². The molecule has 1 aliphatic carbocycles. The zero-order chi connectivity index (χ0) is 20.9. The average Bonchev–Trinajstić information content (AvgIpc) is 3.23. The SMILES string of the molecule is C=CCN1C(=O)COc2ccc(-c3csc(NC(=O)CCC4CCCCC4)n3)cc21. The maximum atomic E-state index is 12.3. The highest BCUT2D eigenvalue weighted by molar-refractivity contribution is 7.14. The second kappa shape index (κ2) is 9.43. The van der Waals surface area contributed by atoms with Crippen molar-refractivity contribution in [3.63, 3.8) is 0 Å². The predicted molar refractivity (Wildman–Crippen MR) is 120 cm³/mol. The molecule has 4 rings (SSSR count). The Balaban J connectivity index is 1.41. The lowest BCUT2D eigenvalue weighted by Crippen LogP contribution is -2.38. The molecule has 1 fully saturated rings. The van der Waals surface area contributed by atoms with E-state index in [2.05, 4.69) is 16.9 Å². The summed E-state index contributed by atoms with van der Waals surface area (Å²) in [4.78, 5) is 30.8. The number of rotatable bonds is 7. The molecular formula is C23H27N3O3S. The molecule has 7 heteroatoms. The van der Waals surface area contributed by atoms with Gasteiger partial charge in [0.05, 0.1) is 11.4 Å². The van der Waals surface area contributed by atoms with Crippen LogP contribution in [0.2, 0.25) is 0 Å². The highest BCUT2D eigenvalue weighted by Gasteiger charge is 2.25. The van der Waals surface area contributed by atoms with Crippen LogP contribution in [0.1, 0.15) is 44.9 Å². The molecule has 2 aliphatic rings. The number of fused-ring (bicyclic) bond motifs is 1. The van der Waals surface area contributed by atoms with Gasteiger partial charge in [0.1, 0.15) is 5.75 Å². The van der Waals surface area contributed by atoms with E-state index in [9.17, 15) is 9.59 Å². The van der Waals surface area contributed by atoms with Crippen molar-refractivity contribution in [2.24, 2.45) is 5.92 Å². The van der Waals surface area contributed by atoms with Crippen LogP contribution < -0.4 is 15.0 Å². The smallest absolute Gasteiger partial charge is 0.265 e. The summed E-state index contributed by atoms with van der Waals surface area (Å²) < 4.78 is 5.54. The minimum Gasteiger partial charge on any atom is -0.482 e. The fraction of sp³-hybridized carbons (Fsp3) is 0.435. The first-order valence-corrected chi connectivity index (χ1v) is 11.5. The van der Waals surface area contributed by atoms with E-state index in [0.29, 0.717) is 29.8 Å². The Hall–Kier alpha value is -2.67. The van der Waals surface area contributed by atoms with Gasteiger partial charge in [0.25, 0.3) is 5.91 Å². The monoisotopic (exact) mass is 425 g/mol. The number of nitrogens with one attached hydrogen (secondary N) is 1. The van der Waals surface area contributed by atoms with Gasteiger partial charge in [-0.3, -0.25) is 9.59 Å². The van der Waals surface area contributed by atoms with Gasteiger partial charge in [-0.25, -0.2) is 4.98 Å². The standard InChI is InChI=1S/C23H27N3O3S/c1-2-12-26-19-13-17(9-10-20(19)29-14-22(26)28)18-15-30-23(24-18)25-21(27)11-8-16-6-4-3-5-7-16/h2,9-10,13,15-16H,1,3-8,11-12,14H2,(H,24,25,27). The number of hydrogen-bond donors (Lipinski definition) is 1. The van der Waals surface area contributed by atoms with Gasteiger partial charge in [-0.05, 0) is 30.5 Å². The van der Waals surface area contributed by atoms with Gasteiger partial charge in [0.15, 0.2) is 11.7 Å². The minimum absolute atomic E-state index is 0.0306. The van der Waals surface area contributed by atoms with Gasteiger partial charge in [0, 0.05) is 23.9 Å². The summed E-state index contributed by atoms with van der Waals surface area (Å²) in [7, 11) is 0. The molecule has 6 nitrogen and oxygen atoms in total. The topological polar surface area (TPSA) is 71.5 Å². The van der Waals surface area contributed by atoms with Crippen LogP contribution in [-0.4, -0.2) is 29.9 Å². The van der Waals surface area contributed by atoms with Crippen LogP contribution in [-0.2, 0) is 9.59 Å². The van der Waals surface area contributed by atoms with Crippen molar-refractivity contribution < 1.29 is 14.3 Å². The molecule has 0 saturated heterocycles. The van der Waals surface area contributed by atoms with E-state index in [1.807, 2.05) is 23.6 Å². The highest BCUT2D eigenvalue weighted by Crippen LogP contribution is 2.37. The summed E-state index contributed by atoms with van der Waals surface area (Å²) in [5, 5.41) is 5.46. The fourth-order valence-corrected chi connectivity index (χ4v) is 4.88. The third kappa shape index (κ3) is 4.73. The summed E-state index contributed by atoms with van der Waals surface area (Å²) in [5.74, 6) is 1.30. The maximum Gasteiger partial charge on any atom is 0.265 e. The molecule has 1 aromatic carbocycles. The van der Waals surface area contributed by atoms with E-state index < -0.39 is 0 Å². The molecule has 1 N–H and O–H groups in total. The van der Waals surface area contributed by atoms with E-state index >= 15 is 0 Å². The number of nitrogens with zero attached hydrogens (tertiary/aromatic N) is 2. The first-order valence-electron chi connectivity index (χ1n) is 10.6. The summed E-state index contributed by atoms with van der Waals surface area (Å²) in [5.41, 5.74) is 2.36. The largest absolute Gasteiger partial charge is 0.482 e. The predicted octanol–water partition coefficient (Wildman–Crippen LogP) is 5.02. The van der Waals surface area contributed by atoms with Crippen molar-refractivity contribution in [2.75, 3.05) is 23.4 Å². The van der Waals surface area contributed by atoms with Crippen LogP contribution in [0.5, 0.6) is 5.75 Å². The van der Waals surface area contributed by atoms with Crippen LogP contribution in [0.4, 0.5) is 10.8 Å². The molecule has 0 spiro atoms. The zero-order valence-electron chi connectivity index (χ0n) is 17.1. The summed E-state index contributed by atoms with van der Waals surface area (Å²) in [6.45, 7) is 4.20. The summed E-state index contributed by atoms with van der Waals surface area (Å²) >= 11 is 1.41. The minimum atomic E-state index is -0.0938. The normalized spacial score (nSPS) is 16.7. The van der Waals surface area contributed by atoms with Gasteiger partial charge in [0.2, 0.25) is 5.91 Å². The van der Waals surface area contributed by atoms with Crippen LogP contribution >= 0.6 is 11.3 Å². The number of carbonyl (C=O) groups is 2. The van der Waals surface area contributed by atoms with Crippen LogP contribution in [0.25, 0.3) is 11.3 Å². The summed E-state index contributed by atoms with van der Waals surface area (Å²) in [6, 6.07) is 5.68. The van der Waals surface area contributed by atoms with E-state index in [0.717, 1.165) is 23.4 Å². The number of hydrogen-bond acceptors (Lipinski definition) is 5. The number of anilines is 2. The lowest BCUT2D eigenvalue weighted by molar-refractivity contribution is -0.121. The lowest BCUT2D eigenvalue weighted by Gasteiger charge is -2.28. The Morgan fingerprint density at radius 2 is 2.17 bits per heavy atom. The number of carbonyl (C=O) groups excluding carboxylic acids is 2. The van der Waals surface area contributed by atoms with E-state index in [1.165, 1.54) is 43.4 Å². The Labute approximate surface area is 181 Å². The van der Waals surface area contributed by atoms with Crippen LogP contribution in [0, 0.1) is 5.92 Å². The Morgan fingerprint density at radius 3 is 2.97 bits per heavy atom. The molecule has 0 radical (unpaired) electrons. The van der Waals surface area contributed by atoms with Crippen molar-refractivity contribution in [1.29, 1.82) is 0 Å². The Kier molecular flexibility index (Phi) is 6.47. The third-order valence-electron chi connectivity index (χ3n) is 5.76. The van der Waals surface area contributed by atoms with Gasteiger partial charge in [-0.1, -0.05) is 38.2 Å². The molecule has 0 unspecified atom stereocenters. The molecule has 158 valence electrons. The number of aromatic nitrogens is 1. The number of amides is 2. The Morgan fingerprint density at radius 1 is 1.33 bits per heavy atom. The fourth-order valence-electron chi connectivity index (χ4n) is 4.15. The molecule has 1 aliphatic heterocycles. The average molecular weight is 426 g/mol. The Bertz CT molecular complexity index is 934. The van der Waals surface area contributed by atoms with E-state index in [4.69, 9.17) is 4.74 Å². The molecule has 0 atom stereocenters. The van der Waals surface area contributed by atoms with Crippen LogP contribution in [0.15, 0.2) is 36.2 Å². The maximum absolute atomic E-state index is 12.3. The van der Waals surface area contributed by atoms with Gasteiger partial charge < -0.3 is 15.0 Å². The second-order valence-electron chi connectivity index (χ2n) is 7.89. The number of benzene rings is 1.